The molecule has 0 aromatic heterocycles. The van der Waals surface area contributed by atoms with Gasteiger partial charge >= 0.3 is 11.9 Å². The van der Waals surface area contributed by atoms with Gasteiger partial charge in [0, 0.05) is 61.1 Å². The molecule has 214 valence electrons. The molecule has 5 rings (SSSR count). The van der Waals surface area contributed by atoms with Gasteiger partial charge in [-0.2, -0.15) is 0 Å². The Morgan fingerprint density at radius 1 is 0.805 bits per heavy atom. The molecular weight excluding hydrogens is 538 g/mol. The van der Waals surface area contributed by atoms with E-state index in [1.807, 2.05) is 11.8 Å². The van der Waals surface area contributed by atoms with Crippen LogP contribution in [-0.4, -0.2) is 65.7 Å². The fraction of sp³-hybridized carbons (Fsp3) is 0.281. The first-order valence-electron chi connectivity index (χ1n) is 13.7. The van der Waals surface area contributed by atoms with Crippen LogP contribution in [0.15, 0.2) is 95.9 Å². The second-order valence-electron chi connectivity index (χ2n) is 9.80. The van der Waals surface area contributed by atoms with Crippen LogP contribution >= 0.6 is 11.8 Å². The number of carbonyl (C=O) groups is 3. The number of nitrogens with one attached hydrogen (secondary N) is 1. The molecule has 1 amide bonds. The summed E-state index contributed by atoms with van der Waals surface area (Å²) in [6.07, 6.45) is 2.57. The van der Waals surface area contributed by atoms with Gasteiger partial charge < -0.3 is 20.4 Å². The number of amides is 1. The largest absolute Gasteiger partial charge is 0.478 e. The average molecular weight is 574 g/mol. The highest BCUT2D eigenvalue weighted by Gasteiger charge is 2.25. The topological polar surface area (TPSA) is 110 Å². The van der Waals surface area contributed by atoms with E-state index >= 15 is 0 Å². The van der Waals surface area contributed by atoms with Crippen molar-refractivity contribution in [2.24, 2.45) is 0 Å². The zero-order valence-electron chi connectivity index (χ0n) is 22.8. The number of nitrogens with zero attached hydrogens (tertiary/aromatic N) is 2. The maximum Gasteiger partial charge on any atom is 0.328 e. The Hall–Kier alpha value is -4.08. The lowest BCUT2D eigenvalue weighted by Crippen LogP contribution is -2.46. The van der Waals surface area contributed by atoms with Crippen LogP contribution in [0.3, 0.4) is 0 Å². The molecule has 1 saturated heterocycles. The Morgan fingerprint density at radius 3 is 2.10 bits per heavy atom. The number of thioether (sulfide) groups is 1. The third-order valence-corrected chi connectivity index (χ3v) is 8.16. The van der Waals surface area contributed by atoms with Gasteiger partial charge in [-0.1, -0.05) is 60.7 Å². The van der Waals surface area contributed by atoms with Gasteiger partial charge in [-0.25, -0.2) is 9.59 Å². The van der Waals surface area contributed by atoms with Gasteiger partial charge in [0.15, 0.2) is 0 Å². The van der Waals surface area contributed by atoms with Crippen molar-refractivity contribution in [3.8, 4) is 0 Å². The fourth-order valence-electron chi connectivity index (χ4n) is 4.98. The number of rotatable bonds is 8. The molecule has 41 heavy (non-hydrogen) atoms. The zero-order chi connectivity index (χ0) is 29.0. The number of fused-ring (bicyclic) bond motifs is 2. The van der Waals surface area contributed by atoms with Gasteiger partial charge in [0.05, 0.1) is 6.04 Å². The maximum atomic E-state index is 13.0. The minimum Gasteiger partial charge on any atom is -0.478 e. The van der Waals surface area contributed by atoms with Crippen molar-refractivity contribution in [2.75, 3.05) is 37.6 Å². The van der Waals surface area contributed by atoms with E-state index in [2.05, 4.69) is 94.0 Å². The standard InChI is InChI=1S/C28H31N3OS.C4H4O4/c32-27(15-8-16-30-17-19-31(20-18-30)23-10-2-1-3-11-23)29-28-24-12-5-4-9-22(24)21-33-26-14-7-6-13-25(26)28;5-3(6)1-2-4(7)8/h1-7,9-14,28H,8,15-21H2,(H,29,32);1-2H,(H,5,6)(H,7,8)/b;2-1-. The van der Waals surface area contributed by atoms with Crippen molar-refractivity contribution < 1.29 is 24.6 Å². The molecule has 1 fully saturated rings. The minimum atomic E-state index is -1.26. The normalized spacial score (nSPS) is 16.5. The minimum absolute atomic E-state index is 0.0747. The van der Waals surface area contributed by atoms with E-state index in [0.717, 1.165) is 44.9 Å². The Balaban J connectivity index is 0.000000426. The third-order valence-electron chi connectivity index (χ3n) is 7.02. The van der Waals surface area contributed by atoms with Crippen molar-refractivity contribution in [3.63, 3.8) is 0 Å². The first-order chi connectivity index (χ1) is 19.9. The molecule has 9 heteroatoms. The molecule has 0 spiro atoms. The van der Waals surface area contributed by atoms with Crippen LogP contribution < -0.4 is 10.2 Å². The first kappa shape index (κ1) is 29.9. The summed E-state index contributed by atoms with van der Waals surface area (Å²) in [5.74, 6) is -1.44. The van der Waals surface area contributed by atoms with E-state index in [1.54, 1.807) is 0 Å². The Bertz CT molecular complexity index is 1290. The van der Waals surface area contributed by atoms with E-state index in [1.165, 1.54) is 27.3 Å². The molecule has 8 nitrogen and oxygen atoms in total. The molecule has 0 radical (unpaired) electrons. The highest BCUT2D eigenvalue weighted by Crippen LogP contribution is 2.39. The predicted octanol–water partition coefficient (Wildman–Crippen LogP) is 4.81. The lowest BCUT2D eigenvalue weighted by molar-refractivity contribution is -0.134. The summed E-state index contributed by atoms with van der Waals surface area (Å²) in [6.45, 7) is 5.17. The van der Waals surface area contributed by atoms with Gasteiger partial charge in [0.2, 0.25) is 5.91 Å². The molecule has 2 aliphatic heterocycles. The number of carbonyl (C=O) groups excluding carboxylic acids is 1. The summed E-state index contributed by atoms with van der Waals surface area (Å²) in [7, 11) is 0. The quantitative estimate of drug-likeness (QED) is 0.330. The number of anilines is 1. The highest BCUT2D eigenvalue weighted by molar-refractivity contribution is 7.98. The Labute approximate surface area is 244 Å². The maximum absolute atomic E-state index is 13.0. The van der Waals surface area contributed by atoms with E-state index < -0.39 is 11.9 Å². The van der Waals surface area contributed by atoms with E-state index in [9.17, 15) is 14.4 Å². The number of carboxylic acids is 2. The first-order valence-corrected chi connectivity index (χ1v) is 14.6. The Morgan fingerprint density at radius 2 is 1.41 bits per heavy atom. The van der Waals surface area contributed by atoms with Crippen molar-refractivity contribution in [1.82, 2.24) is 10.2 Å². The summed E-state index contributed by atoms with van der Waals surface area (Å²) in [6, 6.07) is 27.5. The molecule has 2 aliphatic rings. The molecule has 3 aromatic carbocycles. The van der Waals surface area contributed by atoms with Gasteiger partial charge in [-0.05, 0) is 47.9 Å². The summed E-state index contributed by atoms with van der Waals surface area (Å²) in [5.41, 5.74) is 5.04. The molecule has 3 aromatic rings. The molecule has 1 atom stereocenters. The van der Waals surface area contributed by atoms with Crippen LogP contribution in [-0.2, 0) is 20.1 Å². The molecular formula is C32H35N3O5S. The van der Waals surface area contributed by atoms with Crippen LogP contribution in [0.25, 0.3) is 0 Å². The van der Waals surface area contributed by atoms with Crippen molar-refractivity contribution in [2.45, 2.75) is 29.5 Å². The smallest absolute Gasteiger partial charge is 0.328 e. The summed E-state index contributed by atoms with van der Waals surface area (Å²) in [4.78, 5) is 38.3. The Kier molecular flexibility index (Phi) is 11.0. The number of para-hydroxylation sites is 1. The van der Waals surface area contributed by atoms with Gasteiger partial charge in [-0.3, -0.25) is 9.69 Å². The lowest BCUT2D eigenvalue weighted by atomic mass is 9.95. The number of aliphatic carboxylic acids is 2. The monoisotopic (exact) mass is 573 g/mol. The number of hydrogen-bond acceptors (Lipinski definition) is 6. The van der Waals surface area contributed by atoms with E-state index in [4.69, 9.17) is 10.2 Å². The summed E-state index contributed by atoms with van der Waals surface area (Å²) >= 11 is 1.86. The zero-order valence-corrected chi connectivity index (χ0v) is 23.6. The third kappa shape index (κ3) is 8.96. The van der Waals surface area contributed by atoms with Crippen LogP contribution in [0.4, 0.5) is 5.69 Å². The van der Waals surface area contributed by atoms with Crippen LogP contribution in [0.5, 0.6) is 0 Å². The molecule has 3 N–H and O–H groups in total. The van der Waals surface area contributed by atoms with Crippen LogP contribution in [0.1, 0.15) is 35.6 Å². The van der Waals surface area contributed by atoms with Crippen LogP contribution in [0, 0.1) is 0 Å². The lowest BCUT2D eigenvalue weighted by Gasteiger charge is -2.36. The highest BCUT2D eigenvalue weighted by atomic mass is 32.2. The molecule has 0 bridgehead atoms. The molecule has 1 unspecified atom stereocenters. The van der Waals surface area contributed by atoms with Crippen molar-refractivity contribution in [3.05, 3.63) is 108 Å². The SMILES string of the molecule is O=C(CCCN1CCN(c2ccccc2)CC1)NC1c2ccccc2CSc2ccccc21.O=C(O)/C=C\C(=O)O. The van der Waals surface area contributed by atoms with E-state index in [0.29, 0.717) is 18.6 Å². The number of benzene rings is 3. The van der Waals surface area contributed by atoms with E-state index in [-0.39, 0.29) is 11.9 Å². The van der Waals surface area contributed by atoms with Crippen molar-refractivity contribution in [1.29, 1.82) is 0 Å². The molecule has 0 saturated carbocycles. The molecule has 0 aliphatic carbocycles. The average Bonchev–Trinajstić information content (AvgIpc) is 3.14. The number of hydrogen-bond donors (Lipinski definition) is 3. The van der Waals surface area contributed by atoms with Gasteiger partial charge in [-0.15, -0.1) is 11.8 Å². The molecule has 2 heterocycles. The number of carboxylic acid groups (broad SMARTS) is 2. The van der Waals surface area contributed by atoms with Gasteiger partial charge in [0.1, 0.15) is 0 Å². The van der Waals surface area contributed by atoms with Crippen molar-refractivity contribution >= 4 is 35.3 Å². The summed E-state index contributed by atoms with van der Waals surface area (Å²) < 4.78 is 0. The second-order valence-corrected chi connectivity index (χ2v) is 10.8. The van der Waals surface area contributed by atoms with Gasteiger partial charge in [0.25, 0.3) is 0 Å². The predicted molar refractivity (Wildman–Crippen MR) is 161 cm³/mol. The summed E-state index contributed by atoms with van der Waals surface area (Å²) in [5, 5.41) is 19.0. The fourth-order valence-corrected chi connectivity index (χ4v) is 6.08. The number of piperazine rings is 1. The van der Waals surface area contributed by atoms with Crippen LogP contribution in [0.2, 0.25) is 0 Å². The second kappa shape index (κ2) is 15.1.